The van der Waals surface area contributed by atoms with Crippen molar-refractivity contribution in [2.45, 2.75) is 64.5 Å². The molecule has 17 heavy (non-hydrogen) atoms. The van der Waals surface area contributed by atoms with Gasteiger partial charge >= 0.3 is 6.09 Å². The number of ether oxygens (including phenoxy) is 1. The number of carbonyl (C=O) groups excluding carboxylic acids is 1. The Balaban J connectivity index is 2.54. The Morgan fingerprint density at radius 3 is 2.71 bits per heavy atom. The summed E-state index contributed by atoms with van der Waals surface area (Å²) in [6, 6.07) is 0.353. The highest BCUT2D eigenvalue weighted by molar-refractivity contribution is 7.80. The molecule has 3 nitrogen and oxygen atoms in total. The van der Waals surface area contributed by atoms with Crippen LogP contribution in [0.25, 0.3) is 0 Å². The maximum absolute atomic E-state index is 12.1. The molecule has 0 aliphatic carbocycles. The lowest BCUT2D eigenvalue weighted by Crippen LogP contribution is -2.46. The molecule has 0 saturated carbocycles. The predicted octanol–water partition coefficient (Wildman–Crippen LogP) is 3.49. The monoisotopic (exact) mass is 259 g/mol. The van der Waals surface area contributed by atoms with E-state index in [2.05, 4.69) is 12.6 Å². The molecule has 1 amide bonds. The second kappa shape index (κ2) is 6.53. The van der Waals surface area contributed by atoms with Gasteiger partial charge in [-0.1, -0.05) is 0 Å². The van der Waals surface area contributed by atoms with Crippen molar-refractivity contribution < 1.29 is 9.53 Å². The molecule has 100 valence electrons. The van der Waals surface area contributed by atoms with Crippen LogP contribution in [0.15, 0.2) is 0 Å². The van der Waals surface area contributed by atoms with Crippen LogP contribution < -0.4 is 0 Å². The van der Waals surface area contributed by atoms with Gasteiger partial charge in [0.05, 0.1) is 0 Å². The minimum atomic E-state index is -0.400. The molecule has 1 aliphatic heterocycles. The van der Waals surface area contributed by atoms with E-state index in [0.29, 0.717) is 6.04 Å². The Kier molecular flexibility index (Phi) is 5.63. The Labute approximate surface area is 110 Å². The average molecular weight is 259 g/mol. The molecule has 4 heteroatoms. The SMILES string of the molecule is CC(C)(C)OC(=O)N1CCCC[C@H]1CCCS. The summed E-state index contributed by atoms with van der Waals surface area (Å²) >= 11 is 4.24. The molecular weight excluding hydrogens is 234 g/mol. The smallest absolute Gasteiger partial charge is 0.410 e. The van der Waals surface area contributed by atoms with Crippen LogP contribution in [0, 0.1) is 0 Å². The molecule has 0 aromatic carbocycles. The van der Waals surface area contributed by atoms with Gasteiger partial charge in [0.2, 0.25) is 0 Å². The zero-order valence-corrected chi connectivity index (χ0v) is 12.1. The molecule has 0 unspecified atom stereocenters. The van der Waals surface area contributed by atoms with Gasteiger partial charge in [-0.05, 0) is 58.6 Å². The normalized spacial score (nSPS) is 21.4. The van der Waals surface area contributed by atoms with E-state index in [4.69, 9.17) is 4.74 Å². The van der Waals surface area contributed by atoms with Crippen LogP contribution in [0.3, 0.4) is 0 Å². The number of nitrogens with zero attached hydrogens (tertiary/aromatic N) is 1. The zero-order valence-electron chi connectivity index (χ0n) is 11.2. The summed E-state index contributed by atoms with van der Waals surface area (Å²) < 4.78 is 5.46. The summed E-state index contributed by atoms with van der Waals surface area (Å²) in [6.07, 6.45) is 5.37. The van der Waals surface area contributed by atoms with Gasteiger partial charge in [-0.2, -0.15) is 12.6 Å². The van der Waals surface area contributed by atoms with Crippen LogP contribution in [0.2, 0.25) is 0 Å². The van der Waals surface area contributed by atoms with Gasteiger partial charge in [-0.3, -0.25) is 0 Å². The first-order valence-corrected chi connectivity index (χ1v) is 7.18. The van der Waals surface area contributed by atoms with Gasteiger partial charge < -0.3 is 9.64 Å². The van der Waals surface area contributed by atoms with E-state index in [0.717, 1.165) is 38.0 Å². The van der Waals surface area contributed by atoms with Crippen molar-refractivity contribution >= 4 is 18.7 Å². The van der Waals surface area contributed by atoms with E-state index in [1.54, 1.807) is 0 Å². The number of likely N-dealkylation sites (tertiary alicyclic amines) is 1. The van der Waals surface area contributed by atoms with E-state index >= 15 is 0 Å². The zero-order chi connectivity index (χ0) is 12.9. The van der Waals surface area contributed by atoms with Gasteiger partial charge in [-0.15, -0.1) is 0 Å². The minimum absolute atomic E-state index is 0.152. The standard InChI is InChI=1S/C13H25NO2S/c1-13(2,3)16-12(15)14-9-5-4-7-11(14)8-6-10-17/h11,17H,4-10H2,1-3H3/t11-/m0/s1. The second-order valence-electron chi connectivity index (χ2n) is 5.69. The summed E-state index contributed by atoms with van der Waals surface area (Å²) in [5, 5.41) is 0. The highest BCUT2D eigenvalue weighted by atomic mass is 32.1. The third-order valence-electron chi connectivity index (χ3n) is 2.95. The molecule has 1 heterocycles. The third kappa shape index (κ3) is 5.19. The van der Waals surface area contributed by atoms with E-state index in [-0.39, 0.29) is 6.09 Å². The van der Waals surface area contributed by atoms with E-state index < -0.39 is 5.60 Å². The van der Waals surface area contributed by atoms with Gasteiger partial charge in [0.15, 0.2) is 0 Å². The van der Waals surface area contributed by atoms with Crippen LogP contribution in [0.4, 0.5) is 4.79 Å². The van der Waals surface area contributed by atoms with Gasteiger partial charge in [0.1, 0.15) is 5.60 Å². The Bertz CT molecular complexity index is 250. The summed E-state index contributed by atoms with van der Waals surface area (Å²) in [7, 11) is 0. The molecule has 0 aromatic rings. The number of piperidine rings is 1. The minimum Gasteiger partial charge on any atom is -0.444 e. The third-order valence-corrected chi connectivity index (χ3v) is 3.27. The lowest BCUT2D eigenvalue weighted by Gasteiger charge is -2.36. The first-order chi connectivity index (χ1) is 7.94. The van der Waals surface area contributed by atoms with E-state index in [9.17, 15) is 4.79 Å². The summed E-state index contributed by atoms with van der Waals surface area (Å²) in [5.74, 6) is 0.888. The Morgan fingerprint density at radius 1 is 1.41 bits per heavy atom. The number of rotatable bonds is 3. The van der Waals surface area contributed by atoms with Crippen molar-refractivity contribution in [2.75, 3.05) is 12.3 Å². The number of carbonyl (C=O) groups is 1. The fourth-order valence-electron chi connectivity index (χ4n) is 2.19. The van der Waals surface area contributed by atoms with Gasteiger partial charge in [0, 0.05) is 12.6 Å². The van der Waals surface area contributed by atoms with Crippen LogP contribution >= 0.6 is 12.6 Å². The van der Waals surface area contributed by atoms with Crippen molar-refractivity contribution in [3.63, 3.8) is 0 Å². The lowest BCUT2D eigenvalue weighted by molar-refractivity contribution is 0.00884. The fourth-order valence-corrected chi connectivity index (χ4v) is 2.37. The van der Waals surface area contributed by atoms with Crippen molar-refractivity contribution in [1.29, 1.82) is 0 Å². The molecule has 0 aromatic heterocycles. The molecule has 1 fully saturated rings. The molecule has 0 spiro atoms. The topological polar surface area (TPSA) is 29.5 Å². The number of hydrogen-bond donors (Lipinski definition) is 1. The number of hydrogen-bond acceptors (Lipinski definition) is 3. The number of thiol groups is 1. The molecule has 0 N–H and O–H groups in total. The molecule has 1 atom stereocenters. The van der Waals surface area contributed by atoms with Crippen molar-refractivity contribution in [3.8, 4) is 0 Å². The molecular formula is C13H25NO2S. The van der Waals surface area contributed by atoms with Crippen molar-refractivity contribution in [3.05, 3.63) is 0 Å². The van der Waals surface area contributed by atoms with Crippen LogP contribution in [0.1, 0.15) is 52.9 Å². The quantitative estimate of drug-likeness (QED) is 0.786. The molecule has 1 rings (SSSR count). The first kappa shape index (κ1) is 14.7. The maximum Gasteiger partial charge on any atom is 0.410 e. The Morgan fingerprint density at radius 2 is 2.12 bits per heavy atom. The Hall–Kier alpha value is -0.380. The number of amides is 1. The first-order valence-electron chi connectivity index (χ1n) is 6.54. The molecule has 0 bridgehead atoms. The van der Waals surface area contributed by atoms with Gasteiger partial charge in [0.25, 0.3) is 0 Å². The van der Waals surface area contributed by atoms with Crippen LogP contribution in [0.5, 0.6) is 0 Å². The molecule has 0 radical (unpaired) electrons. The van der Waals surface area contributed by atoms with Gasteiger partial charge in [-0.25, -0.2) is 4.79 Å². The molecule has 1 aliphatic rings. The summed E-state index contributed by atoms with van der Waals surface area (Å²) in [6.45, 7) is 6.58. The van der Waals surface area contributed by atoms with Crippen LogP contribution in [-0.4, -0.2) is 34.9 Å². The van der Waals surface area contributed by atoms with E-state index in [1.165, 1.54) is 6.42 Å². The summed E-state index contributed by atoms with van der Waals surface area (Å²) in [4.78, 5) is 14.0. The average Bonchev–Trinajstić information content (AvgIpc) is 2.24. The largest absolute Gasteiger partial charge is 0.444 e. The van der Waals surface area contributed by atoms with Crippen LogP contribution in [-0.2, 0) is 4.74 Å². The predicted molar refractivity (Wildman–Crippen MR) is 73.7 cm³/mol. The van der Waals surface area contributed by atoms with Crippen molar-refractivity contribution in [2.24, 2.45) is 0 Å². The second-order valence-corrected chi connectivity index (χ2v) is 6.14. The maximum atomic E-state index is 12.1. The summed E-state index contributed by atoms with van der Waals surface area (Å²) in [5.41, 5.74) is -0.400. The lowest BCUT2D eigenvalue weighted by atomic mass is 9.99. The highest BCUT2D eigenvalue weighted by Crippen LogP contribution is 2.23. The highest BCUT2D eigenvalue weighted by Gasteiger charge is 2.29. The van der Waals surface area contributed by atoms with Crippen molar-refractivity contribution in [1.82, 2.24) is 4.90 Å². The molecule has 1 saturated heterocycles. The van der Waals surface area contributed by atoms with E-state index in [1.807, 2.05) is 25.7 Å². The fraction of sp³-hybridized carbons (Fsp3) is 0.923.